The van der Waals surface area contributed by atoms with Crippen molar-refractivity contribution in [1.82, 2.24) is 29.2 Å². The number of carbonyl (C=O) groups is 1. The second-order valence-corrected chi connectivity index (χ2v) is 17.5. The van der Waals surface area contributed by atoms with Crippen LogP contribution in [-0.2, 0) is 21.7 Å². The molecule has 4 heterocycles. The topological polar surface area (TPSA) is 137 Å². The molecular weight excluding hydrogens is 488 g/mol. The first-order valence-electron chi connectivity index (χ1n) is 12.4. The van der Waals surface area contributed by atoms with Gasteiger partial charge in [0, 0.05) is 32.5 Å². The highest BCUT2D eigenvalue weighted by atomic mass is 28.3. The molecular formula is C25H36N8O3Si. The second-order valence-electron chi connectivity index (χ2n) is 11.9. The lowest BCUT2D eigenvalue weighted by molar-refractivity contribution is -0.0313. The van der Waals surface area contributed by atoms with Gasteiger partial charge in [0.1, 0.15) is 29.8 Å². The smallest absolute Gasteiger partial charge is 0.410 e. The second kappa shape index (κ2) is 9.79. The van der Waals surface area contributed by atoms with Crippen molar-refractivity contribution in [2.45, 2.75) is 70.7 Å². The summed E-state index contributed by atoms with van der Waals surface area (Å²) < 4.78 is 15.0. The largest absolute Gasteiger partial charge is 0.444 e. The molecule has 1 aliphatic rings. The Morgan fingerprint density at radius 2 is 2.00 bits per heavy atom. The molecule has 2 N–H and O–H groups in total. The third-order valence-corrected chi connectivity index (χ3v) is 8.00. The molecule has 198 valence electrons. The van der Waals surface area contributed by atoms with E-state index in [2.05, 4.69) is 40.8 Å². The maximum absolute atomic E-state index is 12.5. The van der Waals surface area contributed by atoms with Crippen LogP contribution in [0.4, 0.5) is 10.6 Å². The van der Waals surface area contributed by atoms with Gasteiger partial charge in [0.2, 0.25) is 0 Å². The van der Waals surface area contributed by atoms with E-state index >= 15 is 0 Å². The van der Waals surface area contributed by atoms with Gasteiger partial charge in [-0.3, -0.25) is 4.68 Å². The standard InChI is InChI=1S/C25H36N8O3Si/c1-24(2,3)36-23(34)32-14-25(15-32,8-9-26)33-13-19(21(27)30-33)20-18-7-10-31(22(18)29-16-28-20)17-35-11-12-37(4,5)6/h7,10,13,16H,8,11-12,14-15,17H2,1-6H3,(H2,27,30). The number of nitrogen functional groups attached to an aromatic ring is 1. The molecule has 0 aromatic carbocycles. The number of fused-ring (bicyclic) bond motifs is 1. The van der Waals surface area contributed by atoms with Crippen LogP contribution in [0.2, 0.25) is 25.7 Å². The Labute approximate surface area is 218 Å². The predicted molar refractivity (Wildman–Crippen MR) is 143 cm³/mol. The zero-order valence-electron chi connectivity index (χ0n) is 22.5. The highest BCUT2D eigenvalue weighted by Gasteiger charge is 2.49. The molecule has 37 heavy (non-hydrogen) atoms. The van der Waals surface area contributed by atoms with E-state index in [-0.39, 0.29) is 6.42 Å². The Morgan fingerprint density at radius 1 is 1.27 bits per heavy atom. The molecule has 12 heteroatoms. The number of anilines is 1. The lowest BCUT2D eigenvalue weighted by Gasteiger charge is -2.48. The van der Waals surface area contributed by atoms with E-state index in [9.17, 15) is 10.1 Å². The number of amides is 1. The number of hydrogen-bond acceptors (Lipinski definition) is 8. The molecule has 4 rings (SSSR count). The van der Waals surface area contributed by atoms with E-state index in [1.165, 1.54) is 6.33 Å². The molecule has 1 amide bonds. The number of likely N-dealkylation sites (tertiary alicyclic amines) is 1. The van der Waals surface area contributed by atoms with Gasteiger partial charge in [0.15, 0.2) is 5.82 Å². The van der Waals surface area contributed by atoms with Gasteiger partial charge in [0.05, 0.1) is 36.8 Å². The van der Waals surface area contributed by atoms with Gasteiger partial charge in [-0.2, -0.15) is 10.4 Å². The van der Waals surface area contributed by atoms with Crippen LogP contribution in [0, 0.1) is 11.3 Å². The van der Waals surface area contributed by atoms with Crippen LogP contribution in [0.3, 0.4) is 0 Å². The van der Waals surface area contributed by atoms with Crippen molar-refractivity contribution in [2.75, 3.05) is 25.4 Å². The van der Waals surface area contributed by atoms with Crippen molar-refractivity contribution in [3.8, 4) is 17.3 Å². The summed E-state index contributed by atoms with van der Waals surface area (Å²) in [6, 6.07) is 5.27. The fraction of sp³-hybridized carbons (Fsp3) is 0.560. The SMILES string of the molecule is CC(C)(C)OC(=O)N1CC(CC#N)(n2cc(-c3ncnc4c3ccn4COCC[Si](C)(C)C)c(N)n2)C1. The van der Waals surface area contributed by atoms with Gasteiger partial charge in [-0.15, -0.1) is 0 Å². The van der Waals surface area contributed by atoms with E-state index in [1.54, 1.807) is 9.58 Å². The van der Waals surface area contributed by atoms with Crippen molar-refractivity contribution >= 4 is 31.0 Å². The summed E-state index contributed by atoms with van der Waals surface area (Å²) in [5.41, 5.74) is 7.13. The van der Waals surface area contributed by atoms with Gasteiger partial charge in [-0.25, -0.2) is 14.8 Å². The number of aromatic nitrogens is 5. The minimum atomic E-state index is -1.16. The first-order chi connectivity index (χ1) is 17.3. The summed E-state index contributed by atoms with van der Waals surface area (Å²) in [4.78, 5) is 23.0. The number of nitriles is 1. The molecule has 0 spiro atoms. The minimum Gasteiger partial charge on any atom is -0.444 e. The maximum atomic E-state index is 12.5. The van der Waals surface area contributed by atoms with Crippen LogP contribution in [0.15, 0.2) is 24.8 Å². The van der Waals surface area contributed by atoms with E-state index in [0.717, 1.165) is 17.1 Å². The zero-order valence-corrected chi connectivity index (χ0v) is 23.5. The highest BCUT2D eigenvalue weighted by Crippen LogP contribution is 2.37. The molecule has 1 saturated heterocycles. The fourth-order valence-electron chi connectivity index (χ4n) is 4.28. The zero-order chi connectivity index (χ0) is 27.0. The number of rotatable bonds is 8. The van der Waals surface area contributed by atoms with Crippen LogP contribution in [0.1, 0.15) is 27.2 Å². The summed E-state index contributed by atoms with van der Waals surface area (Å²) >= 11 is 0. The normalized spacial score (nSPS) is 15.4. The molecule has 3 aromatic heterocycles. The van der Waals surface area contributed by atoms with Crippen molar-refractivity contribution in [3.63, 3.8) is 0 Å². The van der Waals surface area contributed by atoms with Crippen molar-refractivity contribution in [3.05, 3.63) is 24.8 Å². The number of ether oxygens (including phenoxy) is 2. The van der Waals surface area contributed by atoms with E-state index < -0.39 is 25.3 Å². The number of hydrogen-bond donors (Lipinski definition) is 1. The average molecular weight is 525 g/mol. The van der Waals surface area contributed by atoms with Gasteiger partial charge in [0.25, 0.3) is 0 Å². The van der Waals surface area contributed by atoms with Crippen LogP contribution >= 0.6 is 0 Å². The summed E-state index contributed by atoms with van der Waals surface area (Å²) in [5.74, 6) is 0.298. The average Bonchev–Trinajstić information content (AvgIpc) is 3.35. The van der Waals surface area contributed by atoms with E-state index in [0.29, 0.717) is 43.5 Å². The first-order valence-corrected chi connectivity index (χ1v) is 16.1. The Balaban J connectivity index is 1.56. The molecule has 1 aliphatic heterocycles. The third kappa shape index (κ3) is 5.78. The van der Waals surface area contributed by atoms with Gasteiger partial charge in [-0.1, -0.05) is 19.6 Å². The number of nitrogens with two attached hydrogens (primary N) is 1. The third-order valence-electron chi connectivity index (χ3n) is 6.30. The number of nitrogens with zero attached hydrogens (tertiary/aromatic N) is 7. The molecule has 3 aromatic rings. The fourth-order valence-corrected chi connectivity index (χ4v) is 5.04. The number of carbonyl (C=O) groups excluding carboxylic acids is 1. The maximum Gasteiger partial charge on any atom is 0.410 e. The molecule has 0 saturated carbocycles. The predicted octanol–water partition coefficient (Wildman–Crippen LogP) is 4.05. The van der Waals surface area contributed by atoms with Crippen molar-refractivity contribution in [1.29, 1.82) is 5.26 Å². The monoisotopic (exact) mass is 524 g/mol. The quantitative estimate of drug-likeness (QED) is 0.344. The summed E-state index contributed by atoms with van der Waals surface area (Å²) in [7, 11) is -1.16. The van der Waals surface area contributed by atoms with Crippen LogP contribution < -0.4 is 5.73 Å². The van der Waals surface area contributed by atoms with Crippen molar-refractivity contribution < 1.29 is 14.3 Å². The molecule has 0 bridgehead atoms. The summed E-state index contributed by atoms with van der Waals surface area (Å²) in [6.07, 6.45) is 5.01. The molecule has 0 unspecified atom stereocenters. The molecule has 0 aliphatic carbocycles. The Morgan fingerprint density at radius 3 is 2.65 bits per heavy atom. The van der Waals surface area contributed by atoms with Gasteiger partial charge in [-0.05, 0) is 32.9 Å². The summed E-state index contributed by atoms with van der Waals surface area (Å²) in [5, 5.41) is 14.9. The van der Waals surface area contributed by atoms with Crippen molar-refractivity contribution in [2.24, 2.45) is 0 Å². The van der Waals surface area contributed by atoms with Crippen LogP contribution in [0.25, 0.3) is 22.3 Å². The van der Waals surface area contributed by atoms with Crippen LogP contribution in [0.5, 0.6) is 0 Å². The van der Waals surface area contributed by atoms with E-state index in [1.807, 2.05) is 43.8 Å². The molecule has 11 nitrogen and oxygen atoms in total. The van der Waals surface area contributed by atoms with Crippen LogP contribution in [-0.4, -0.2) is 68.7 Å². The molecule has 1 fully saturated rings. The Kier molecular flexibility index (Phi) is 7.05. The first kappa shape index (κ1) is 26.6. The lowest BCUT2D eigenvalue weighted by Crippen LogP contribution is -2.64. The Bertz CT molecular complexity index is 1320. The summed E-state index contributed by atoms with van der Waals surface area (Å²) in [6.45, 7) is 14.2. The lowest BCUT2D eigenvalue weighted by atomic mass is 9.87. The molecule has 0 radical (unpaired) electrons. The van der Waals surface area contributed by atoms with Gasteiger partial charge >= 0.3 is 6.09 Å². The Hall–Kier alpha value is -3.43. The highest BCUT2D eigenvalue weighted by molar-refractivity contribution is 6.76. The minimum absolute atomic E-state index is 0.178. The van der Waals surface area contributed by atoms with E-state index in [4.69, 9.17) is 15.2 Å². The molecule has 0 atom stereocenters. The van der Waals surface area contributed by atoms with Gasteiger partial charge < -0.3 is 24.7 Å².